The average molecular weight is 361 g/mol. The summed E-state index contributed by atoms with van der Waals surface area (Å²) in [6.07, 6.45) is 10.7. The third kappa shape index (κ3) is 3.35. The number of rotatable bonds is 3. The van der Waals surface area contributed by atoms with Crippen molar-refractivity contribution < 1.29 is 4.79 Å². The van der Waals surface area contributed by atoms with Crippen molar-refractivity contribution in [2.24, 2.45) is 0 Å². The summed E-state index contributed by atoms with van der Waals surface area (Å²) in [5.74, 6) is 5.66. The van der Waals surface area contributed by atoms with Crippen LogP contribution in [0.1, 0.15) is 21.5 Å². The zero-order chi connectivity index (χ0) is 19.5. The largest absolute Gasteiger partial charge is 0.338 e. The van der Waals surface area contributed by atoms with Crippen LogP contribution in [-0.4, -0.2) is 15.9 Å². The number of anilines is 1. The van der Waals surface area contributed by atoms with Crippen LogP contribution in [0.25, 0.3) is 22.4 Å². The van der Waals surface area contributed by atoms with Gasteiger partial charge in [0.2, 0.25) is 0 Å². The molecule has 132 valence electrons. The van der Waals surface area contributed by atoms with Crippen LogP contribution in [0.2, 0.25) is 0 Å². The molecular formula is C24H15N3O. The number of carbonyl (C=O) groups excluding carboxylic acids is 1. The molecule has 0 aliphatic heterocycles. The zero-order valence-electron chi connectivity index (χ0n) is 14.9. The number of hydrogen-bond donors (Lipinski definition) is 2. The minimum Gasteiger partial charge on any atom is -0.338 e. The molecule has 4 nitrogen and oxygen atoms in total. The molecule has 1 amide bonds. The van der Waals surface area contributed by atoms with E-state index in [2.05, 4.69) is 27.1 Å². The van der Waals surface area contributed by atoms with Gasteiger partial charge in [-0.05, 0) is 54.6 Å². The number of aromatic nitrogens is 2. The number of benzene rings is 3. The molecule has 0 saturated carbocycles. The molecule has 0 spiro atoms. The number of aromatic amines is 1. The number of nitrogens with zero attached hydrogens (tertiary/aromatic N) is 1. The first kappa shape index (κ1) is 17.1. The highest BCUT2D eigenvalue weighted by Crippen LogP contribution is 2.22. The van der Waals surface area contributed by atoms with Crippen LogP contribution < -0.4 is 5.32 Å². The molecule has 0 saturated heterocycles. The molecule has 4 aromatic rings. The lowest BCUT2D eigenvalue weighted by molar-refractivity contribution is 0.102. The summed E-state index contributed by atoms with van der Waals surface area (Å²) in [6.45, 7) is 0. The van der Waals surface area contributed by atoms with Gasteiger partial charge in [0.15, 0.2) is 0 Å². The van der Waals surface area contributed by atoms with Crippen LogP contribution in [0.5, 0.6) is 0 Å². The van der Waals surface area contributed by atoms with Gasteiger partial charge in [0.1, 0.15) is 5.82 Å². The van der Waals surface area contributed by atoms with Crippen molar-refractivity contribution in [3.63, 3.8) is 0 Å². The Bertz CT molecular complexity index is 1250. The molecule has 1 heterocycles. The van der Waals surface area contributed by atoms with E-state index in [1.165, 1.54) is 0 Å². The van der Waals surface area contributed by atoms with Crippen LogP contribution in [0.4, 0.5) is 5.69 Å². The fourth-order valence-corrected chi connectivity index (χ4v) is 2.86. The Labute approximate surface area is 162 Å². The zero-order valence-corrected chi connectivity index (χ0v) is 14.9. The summed E-state index contributed by atoms with van der Waals surface area (Å²) in [6, 6.07) is 20.0. The van der Waals surface area contributed by atoms with Crippen LogP contribution >= 0.6 is 0 Å². The Morgan fingerprint density at radius 3 is 2.18 bits per heavy atom. The van der Waals surface area contributed by atoms with Gasteiger partial charge in [0.05, 0.1) is 11.0 Å². The fourth-order valence-electron chi connectivity index (χ4n) is 2.86. The molecule has 0 radical (unpaired) electrons. The maximum atomic E-state index is 12.6. The maximum Gasteiger partial charge on any atom is 0.255 e. The second-order valence-electron chi connectivity index (χ2n) is 6.21. The lowest BCUT2D eigenvalue weighted by Crippen LogP contribution is -2.11. The molecule has 0 atom stereocenters. The summed E-state index contributed by atoms with van der Waals surface area (Å²) < 4.78 is 0. The van der Waals surface area contributed by atoms with E-state index in [1.54, 1.807) is 36.4 Å². The van der Waals surface area contributed by atoms with E-state index >= 15 is 0 Å². The Kier molecular flexibility index (Phi) is 4.38. The summed E-state index contributed by atoms with van der Waals surface area (Å²) in [4.78, 5) is 20.4. The van der Waals surface area contributed by atoms with E-state index in [0.29, 0.717) is 11.3 Å². The normalized spacial score (nSPS) is 10.2. The van der Waals surface area contributed by atoms with Crippen LogP contribution in [0, 0.1) is 24.7 Å². The summed E-state index contributed by atoms with van der Waals surface area (Å²) in [7, 11) is 0. The van der Waals surface area contributed by atoms with Gasteiger partial charge in [-0.3, -0.25) is 4.79 Å². The van der Waals surface area contributed by atoms with Gasteiger partial charge in [-0.25, -0.2) is 4.98 Å². The van der Waals surface area contributed by atoms with Gasteiger partial charge < -0.3 is 10.3 Å². The van der Waals surface area contributed by atoms with Crippen LogP contribution in [0.15, 0.2) is 66.7 Å². The number of fused-ring (bicyclic) bond motifs is 1. The second-order valence-corrected chi connectivity index (χ2v) is 6.21. The minimum absolute atomic E-state index is 0.204. The average Bonchev–Trinajstić information content (AvgIpc) is 3.17. The molecule has 0 unspecified atom stereocenters. The van der Waals surface area contributed by atoms with Gasteiger partial charge in [0, 0.05) is 27.9 Å². The molecular weight excluding hydrogens is 346 g/mol. The number of H-pyrrole nitrogens is 1. The third-order valence-corrected chi connectivity index (χ3v) is 4.38. The number of amides is 1. The molecule has 28 heavy (non-hydrogen) atoms. The van der Waals surface area contributed by atoms with Gasteiger partial charge in [0.25, 0.3) is 5.91 Å². The topological polar surface area (TPSA) is 57.8 Å². The predicted octanol–water partition coefficient (Wildman–Crippen LogP) is 4.44. The highest BCUT2D eigenvalue weighted by molar-refractivity contribution is 6.06. The molecule has 1 aromatic heterocycles. The first-order chi connectivity index (χ1) is 13.7. The van der Waals surface area contributed by atoms with Crippen molar-refractivity contribution in [2.75, 3.05) is 5.32 Å². The van der Waals surface area contributed by atoms with Crippen molar-refractivity contribution in [3.05, 3.63) is 83.4 Å². The molecule has 0 bridgehead atoms. The SMILES string of the molecule is C#Cc1ccc(NC(=O)c2ccc3nc(-c4ccc(C#C)cc4)[nH]c3c2)cc1. The van der Waals surface area contributed by atoms with Gasteiger partial charge >= 0.3 is 0 Å². The Morgan fingerprint density at radius 1 is 0.893 bits per heavy atom. The maximum absolute atomic E-state index is 12.6. The minimum atomic E-state index is -0.204. The fraction of sp³-hybridized carbons (Fsp3) is 0. The Hall–Kier alpha value is -4.28. The van der Waals surface area contributed by atoms with E-state index in [4.69, 9.17) is 12.8 Å². The van der Waals surface area contributed by atoms with Crippen molar-refractivity contribution in [1.29, 1.82) is 0 Å². The molecule has 3 aromatic carbocycles. The summed E-state index contributed by atoms with van der Waals surface area (Å²) >= 11 is 0. The number of imidazole rings is 1. The van der Waals surface area contributed by atoms with Crippen LogP contribution in [-0.2, 0) is 0 Å². The molecule has 4 rings (SSSR count). The number of hydrogen-bond acceptors (Lipinski definition) is 2. The van der Waals surface area contributed by atoms with E-state index < -0.39 is 0 Å². The third-order valence-electron chi connectivity index (χ3n) is 4.38. The Balaban J connectivity index is 1.59. The second kappa shape index (κ2) is 7.15. The number of terminal acetylenes is 2. The highest BCUT2D eigenvalue weighted by atomic mass is 16.1. The summed E-state index contributed by atoms with van der Waals surface area (Å²) in [5.41, 5.74) is 5.29. The summed E-state index contributed by atoms with van der Waals surface area (Å²) in [5, 5.41) is 2.86. The number of nitrogens with one attached hydrogen (secondary N) is 2. The number of carbonyl (C=O) groups is 1. The molecule has 0 fully saturated rings. The van der Waals surface area contributed by atoms with Crippen molar-refractivity contribution >= 4 is 22.6 Å². The lowest BCUT2D eigenvalue weighted by Gasteiger charge is -2.05. The molecule has 4 heteroatoms. The quantitative estimate of drug-likeness (QED) is 0.530. The van der Waals surface area contributed by atoms with E-state index in [-0.39, 0.29) is 5.91 Å². The van der Waals surface area contributed by atoms with Crippen molar-refractivity contribution in [3.8, 4) is 36.1 Å². The lowest BCUT2D eigenvalue weighted by atomic mass is 10.1. The van der Waals surface area contributed by atoms with Gasteiger partial charge in [-0.2, -0.15) is 0 Å². The van der Waals surface area contributed by atoms with E-state index in [9.17, 15) is 4.79 Å². The first-order valence-electron chi connectivity index (χ1n) is 8.61. The standard InChI is InChI=1S/C24H15N3O/c1-3-16-5-9-18(10-6-16)23-26-21-14-11-19(15-22(21)27-23)24(28)25-20-12-7-17(4-2)8-13-20/h1-2,5-15H,(H,25,28)(H,26,27). The highest BCUT2D eigenvalue weighted by Gasteiger charge is 2.10. The molecule has 0 aliphatic carbocycles. The molecule has 0 aliphatic rings. The van der Waals surface area contributed by atoms with Crippen molar-refractivity contribution in [1.82, 2.24) is 9.97 Å². The predicted molar refractivity (Wildman–Crippen MR) is 112 cm³/mol. The van der Waals surface area contributed by atoms with Gasteiger partial charge in [-0.1, -0.05) is 24.0 Å². The van der Waals surface area contributed by atoms with Crippen LogP contribution in [0.3, 0.4) is 0 Å². The Morgan fingerprint density at radius 2 is 1.54 bits per heavy atom. The van der Waals surface area contributed by atoms with Gasteiger partial charge in [-0.15, -0.1) is 12.8 Å². The van der Waals surface area contributed by atoms with Crippen molar-refractivity contribution in [2.45, 2.75) is 0 Å². The van der Waals surface area contributed by atoms with E-state index in [0.717, 1.165) is 33.5 Å². The monoisotopic (exact) mass is 361 g/mol. The molecule has 2 N–H and O–H groups in total. The smallest absolute Gasteiger partial charge is 0.255 e. The van der Waals surface area contributed by atoms with E-state index in [1.807, 2.05) is 30.3 Å². The first-order valence-corrected chi connectivity index (χ1v) is 8.61.